The Balaban J connectivity index is 1.30. The quantitative estimate of drug-likeness (QED) is 0.527. The molecule has 7 heteroatoms. The first kappa shape index (κ1) is 23.6. The summed E-state index contributed by atoms with van der Waals surface area (Å²) in [5.74, 6) is 0.486. The minimum atomic E-state index is -0.0733. The van der Waals surface area contributed by atoms with Crippen LogP contribution in [0.4, 0.5) is 0 Å². The van der Waals surface area contributed by atoms with Crippen molar-refractivity contribution in [2.24, 2.45) is 5.92 Å². The van der Waals surface area contributed by atoms with Crippen molar-refractivity contribution in [3.8, 4) is 0 Å². The molecule has 1 amide bonds. The predicted molar refractivity (Wildman–Crippen MR) is 135 cm³/mol. The summed E-state index contributed by atoms with van der Waals surface area (Å²) in [4.78, 5) is 21.8. The van der Waals surface area contributed by atoms with Gasteiger partial charge in [0.05, 0.1) is 25.3 Å². The summed E-state index contributed by atoms with van der Waals surface area (Å²) in [7, 11) is 0. The van der Waals surface area contributed by atoms with E-state index in [0.29, 0.717) is 32.2 Å². The van der Waals surface area contributed by atoms with E-state index >= 15 is 0 Å². The van der Waals surface area contributed by atoms with E-state index in [9.17, 15) is 4.79 Å². The topological polar surface area (TPSA) is 69.7 Å². The van der Waals surface area contributed by atoms with Crippen molar-refractivity contribution >= 4 is 5.91 Å². The predicted octanol–water partition coefficient (Wildman–Crippen LogP) is 2.78. The minimum Gasteiger partial charge on any atom is -0.370 e. The van der Waals surface area contributed by atoms with E-state index in [1.165, 1.54) is 5.56 Å². The van der Waals surface area contributed by atoms with Crippen molar-refractivity contribution in [3.63, 3.8) is 0 Å². The first-order valence-corrected chi connectivity index (χ1v) is 12.3. The zero-order valence-electron chi connectivity index (χ0n) is 19.9. The van der Waals surface area contributed by atoms with Crippen molar-refractivity contribution in [1.82, 2.24) is 25.6 Å². The summed E-state index contributed by atoms with van der Waals surface area (Å²) in [6, 6.07) is 24.9. The Bertz CT molecular complexity index is 1070. The molecule has 2 aromatic carbocycles. The van der Waals surface area contributed by atoms with E-state index in [2.05, 4.69) is 57.1 Å². The lowest BCUT2D eigenvalue weighted by Crippen LogP contribution is -2.40. The summed E-state index contributed by atoms with van der Waals surface area (Å²) in [6.07, 6.45) is 3.51. The van der Waals surface area contributed by atoms with Gasteiger partial charge in [-0.1, -0.05) is 66.7 Å². The van der Waals surface area contributed by atoms with Gasteiger partial charge in [0.15, 0.2) is 0 Å². The molecule has 0 saturated carbocycles. The van der Waals surface area contributed by atoms with E-state index in [-0.39, 0.29) is 18.1 Å². The van der Waals surface area contributed by atoms with Gasteiger partial charge in [-0.25, -0.2) is 5.43 Å². The first-order chi connectivity index (χ1) is 17.2. The number of hydrogen-bond donors (Lipinski definition) is 2. The van der Waals surface area contributed by atoms with Gasteiger partial charge < -0.3 is 9.64 Å². The normalized spacial score (nSPS) is 23.4. The molecule has 3 aromatic rings. The number of carbonyl (C=O) groups is 1. The van der Waals surface area contributed by atoms with Crippen molar-refractivity contribution in [3.05, 3.63) is 102 Å². The van der Waals surface area contributed by atoms with Crippen LogP contribution in [-0.4, -0.2) is 59.5 Å². The van der Waals surface area contributed by atoms with E-state index < -0.39 is 0 Å². The lowest BCUT2D eigenvalue weighted by atomic mass is 9.94. The number of rotatable bonds is 8. The number of nitrogens with one attached hydrogen (secondary N) is 2. The highest BCUT2D eigenvalue weighted by Crippen LogP contribution is 2.26. The van der Waals surface area contributed by atoms with Crippen LogP contribution in [0.15, 0.2) is 85.2 Å². The molecule has 2 fully saturated rings. The SMILES string of the molecule is O=C1CN(CC2CNNC2c2ccccc2)CC(OCc2ccccc2)CN1Cc1cccnc1. The Morgan fingerprint density at radius 2 is 1.71 bits per heavy atom. The number of benzene rings is 2. The third kappa shape index (κ3) is 6.32. The van der Waals surface area contributed by atoms with E-state index in [0.717, 1.165) is 30.8 Å². The molecule has 2 N–H and O–H groups in total. The number of hydrogen-bond acceptors (Lipinski definition) is 6. The van der Waals surface area contributed by atoms with E-state index in [4.69, 9.17) is 4.74 Å². The second-order valence-electron chi connectivity index (χ2n) is 9.42. The summed E-state index contributed by atoms with van der Waals surface area (Å²) < 4.78 is 6.39. The van der Waals surface area contributed by atoms with Gasteiger partial charge in [-0.3, -0.25) is 20.1 Å². The highest BCUT2D eigenvalue weighted by Gasteiger charge is 2.34. The average molecular weight is 472 g/mol. The fourth-order valence-corrected chi connectivity index (χ4v) is 5.00. The molecule has 2 aliphatic heterocycles. The van der Waals surface area contributed by atoms with E-state index in [1.807, 2.05) is 47.5 Å². The van der Waals surface area contributed by atoms with Crippen LogP contribution in [0.2, 0.25) is 0 Å². The number of carbonyl (C=O) groups excluding carboxylic acids is 1. The number of ether oxygens (including phenoxy) is 1. The van der Waals surface area contributed by atoms with Gasteiger partial charge in [0.1, 0.15) is 0 Å². The second kappa shape index (κ2) is 11.6. The van der Waals surface area contributed by atoms with Crippen LogP contribution in [0.5, 0.6) is 0 Å². The van der Waals surface area contributed by atoms with Gasteiger partial charge in [0.25, 0.3) is 0 Å². The Morgan fingerprint density at radius 3 is 2.49 bits per heavy atom. The summed E-state index contributed by atoms with van der Waals surface area (Å²) in [5.41, 5.74) is 10.2. The largest absolute Gasteiger partial charge is 0.370 e. The lowest BCUT2D eigenvalue weighted by Gasteiger charge is -2.28. The fourth-order valence-electron chi connectivity index (χ4n) is 5.00. The molecule has 0 bridgehead atoms. The maximum Gasteiger partial charge on any atom is 0.237 e. The van der Waals surface area contributed by atoms with Gasteiger partial charge >= 0.3 is 0 Å². The summed E-state index contributed by atoms with van der Waals surface area (Å²) in [6.45, 7) is 4.44. The van der Waals surface area contributed by atoms with Gasteiger partial charge in [0, 0.05) is 51.0 Å². The number of amides is 1. The molecular formula is C28H33N5O2. The average Bonchev–Trinajstić information content (AvgIpc) is 3.30. The molecule has 35 heavy (non-hydrogen) atoms. The van der Waals surface area contributed by atoms with Gasteiger partial charge in [-0.15, -0.1) is 0 Å². The standard InChI is InChI=1S/C28H33N5O2/c34-27-20-32(17-25-15-30-31-28(25)24-11-5-2-6-12-24)18-26(35-21-22-8-3-1-4-9-22)19-33(27)16-23-10-7-13-29-14-23/h1-14,25-26,28,30-31H,15-21H2. The fraction of sp³-hybridized carbons (Fsp3) is 0.357. The molecule has 7 nitrogen and oxygen atoms in total. The van der Waals surface area contributed by atoms with Crippen LogP contribution < -0.4 is 10.9 Å². The molecule has 3 atom stereocenters. The van der Waals surface area contributed by atoms with Crippen molar-refractivity contribution in [2.45, 2.75) is 25.3 Å². The first-order valence-electron chi connectivity index (χ1n) is 12.3. The van der Waals surface area contributed by atoms with Crippen LogP contribution in [-0.2, 0) is 22.7 Å². The Hall–Kier alpha value is -3.10. The second-order valence-corrected chi connectivity index (χ2v) is 9.42. The van der Waals surface area contributed by atoms with Crippen molar-refractivity contribution in [2.75, 3.05) is 32.7 Å². The third-order valence-corrected chi connectivity index (χ3v) is 6.77. The van der Waals surface area contributed by atoms with Crippen LogP contribution in [0.1, 0.15) is 22.7 Å². The van der Waals surface area contributed by atoms with Crippen LogP contribution in [0.25, 0.3) is 0 Å². The summed E-state index contributed by atoms with van der Waals surface area (Å²) >= 11 is 0. The highest BCUT2D eigenvalue weighted by molar-refractivity contribution is 5.78. The molecule has 0 spiro atoms. The van der Waals surface area contributed by atoms with Gasteiger partial charge in [-0.05, 0) is 22.8 Å². The molecule has 0 aliphatic carbocycles. The molecule has 1 aromatic heterocycles. The molecule has 0 radical (unpaired) electrons. The van der Waals surface area contributed by atoms with Gasteiger partial charge in [-0.2, -0.15) is 0 Å². The highest BCUT2D eigenvalue weighted by atomic mass is 16.5. The molecule has 2 saturated heterocycles. The maximum absolute atomic E-state index is 13.4. The van der Waals surface area contributed by atoms with Crippen molar-refractivity contribution < 1.29 is 9.53 Å². The molecule has 5 rings (SSSR count). The zero-order valence-corrected chi connectivity index (χ0v) is 19.9. The Labute approximate surface area is 207 Å². The number of hydrazine groups is 1. The molecule has 3 unspecified atom stereocenters. The zero-order chi connectivity index (χ0) is 23.9. The van der Waals surface area contributed by atoms with Crippen LogP contribution in [0, 0.1) is 5.92 Å². The Morgan fingerprint density at radius 1 is 0.943 bits per heavy atom. The number of nitrogens with zero attached hydrogens (tertiary/aromatic N) is 3. The third-order valence-electron chi connectivity index (χ3n) is 6.77. The lowest BCUT2D eigenvalue weighted by molar-refractivity contribution is -0.132. The minimum absolute atomic E-state index is 0.0733. The molecule has 182 valence electrons. The van der Waals surface area contributed by atoms with Crippen LogP contribution in [0.3, 0.4) is 0 Å². The number of aromatic nitrogens is 1. The molecule has 3 heterocycles. The monoisotopic (exact) mass is 471 g/mol. The van der Waals surface area contributed by atoms with Crippen molar-refractivity contribution in [1.29, 1.82) is 0 Å². The molecular weight excluding hydrogens is 438 g/mol. The van der Waals surface area contributed by atoms with E-state index in [1.54, 1.807) is 6.20 Å². The Kier molecular flexibility index (Phi) is 7.80. The van der Waals surface area contributed by atoms with Gasteiger partial charge in [0.2, 0.25) is 5.91 Å². The molecule has 2 aliphatic rings. The smallest absolute Gasteiger partial charge is 0.237 e. The summed E-state index contributed by atoms with van der Waals surface area (Å²) in [5, 5.41) is 0. The van der Waals surface area contributed by atoms with Crippen LogP contribution >= 0.6 is 0 Å². The maximum atomic E-state index is 13.4. The number of pyridine rings is 1.